The number of halogens is 2. The Bertz CT molecular complexity index is 517. The highest BCUT2D eigenvalue weighted by molar-refractivity contribution is 8.00. The van der Waals surface area contributed by atoms with Gasteiger partial charge in [-0.25, -0.2) is 4.79 Å². The van der Waals surface area contributed by atoms with E-state index >= 15 is 0 Å². The number of carboxylic acids is 1. The Morgan fingerprint density at radius 1 is 1.33 bits per heavy atom. The van der Waals surface area contributed by atoms with Gasteiger partial charge in [-0.1, -0.05) is 23.2 Å². The van der Waals surface area contributed by atoms with E-state index in [1.54, 1.807) is 6.07 Å². The number of carbonyl (C=O) groups excluding carboxylic acids is 1. The second kappa shape index (κ2) is 6.68. The molecule has 3 N–H and O–H groups in total. The van der Waals surface area contributed by atoms with E-state index in [0.717, 1.165) is 6.08 Å². The van der Waals surface area contributed by atoms with Gasteiger partial charge in [0.05, 0.1) is 10.8 Å². The van der Waals surface area contributed by atoms with Crippen LogP contribution in [0.15, 0.2) is 23.1 Å². The van der Waals surface area contributed by atoms with Crippen molar-refractivity contribution in [2.75, 3.05) is 5.75 Å². The maximum absolute atomic E-state index is 10.7. The zero-order valence-corrected chi connectivity index (χ0v) is 11.4. The number of primary amides is 1. The van der Waals surface area contributed by atoms with Crippen molar-refractivity contribution in [1.82, 2.24) is 0 Å². The van der Waals surface area contributed by atoms with Gasteiger partial charge in [-0.15, -0.1) is 11.8 Å². The molecule has 4 nitrogen and oxygen atoms in total. The third-order valence-corrected chi connectivity index (χ3v) is 3.66. The van der Waals surface area contributed by atoms with Crippen LogP contribution in [0.5, 0.6) is 0 Å². The Morgan fingerprint density at radius 2 is 2.00 bits per heavy atom. The van der Waals surface area contributed by atoms with Crippen LogP contribution in [0, 0.1) is 0 Å². The molecule has 0 saturated carbocycles. The summed E-state index contributed by atoms with van der Waals surface area (Å²) in [7, 11) is 0. The summed E-state index contributed by atoms with van der Waals surface area (Å²) in [6.45, 7) is 0. The van der Waals surface area contributed by atoms with Crippen molar-refractivity contribution in [3.63, 3.8) is 0 Å². The van der Waals surface area contributed by atoms with Crippen molar-refractivity contribution in [3.8, 4) is 0 Å². The summed E-state index contributed by atoms with van der Waals surface area (Å²) in [4.78, 5) is 21.7. The number of thioether (sulfide) groups is 1. The molecule has 0 aliphatic rings. The summed E-state index contributed by atoms with van der Waals surface area (Å²) in [5.41, 5.74) is 5.52. The average Bonchev–Trinajstić information content (AvgIpc) is 2.27. The van der Waals surface area contributed by atoms with E-state index in [1.165, 1.54) is 23.9 Å². The number of hydrogen-bond acceptors (Lipinski definition) is 3. The Morgan fingerprint density at radius 3 is 2.56 bits per heavy atom. The second-order valence-corrected chi connectivity index (χ2v) is 5.06. The molecular weight excluding hydrogens is 297 g/mol. The Kier molecular flexibility index (Phi) is 5.53. The summed E-state index contributed by atoms with van der Waals surface area (Å²) < 4.78 is 0. The van der Waals surface area contributed by atoms with E-state index in [2.05, 4.69) is 0 Å². The first-order chi connectivity index (χ1) is 8.40. The molecule has 1 amide bonds. The van der Waals surface area contributed by atoms with Gasteiger partial charge in [0.25, 0.3) is 0 Å². The van der Waals surface area contributed by atoms with Crippen molar-refractivity contribution < 1.29 is 14.7 Å². The molecule has 0 spiro atoms. The molecule has 0 fully saturated rings. The molecule has 0 saturated heterocycles. The van der Waals surface area contributed by atoms with Crippen molar-refractivity contribution in [1.29, 1.82) is 0 Å². The predicted molar refractivity (Wildman–Crippen MR) is 73.1 cm³/mol. The Hall–Kier alpha value is -1.17. The van der Waals surface area contributed by atoms with E-state index in [9.17, 15) is 9.59 Å². The quantitative estimate of drug-likeness (QED) is 0.647. The smallest absolute Gasteiger partial charge is 0.328 e. The number of rotatable bonds is 5. The van der Waals surface area contributed by atoms with Crippen LogP contribution in [0.3, 0.4) is 0 Å². The fraction of sp³-hybridized carbons (Fsp3) is 0.0909. The summed E-state index contributed by atoms with van der Waals surface area (Å²) >= 11 is 13.1. The lowest BCUT2D eigenvalue weighted by molar-refractivity contribution is -0.131. The predicted octanol–water partition coefficient (Wildman–Crippen LogP) is 2.67. The summed E-state index contributed by atoms with van der Waals surface area (Å²) in [6.07, 6.45) is 2.31. The molecule has 0 bridgehead atoms. The number of carboxylic acid groups (broad SMARTS) is 1. The lowest BCUT2D eigenvalue weighted by atomic mass is 10.2. The highest BCUT2D eigenvalue weighted by Crippen LogP contribution is 2.32. The topological polar surface area (TPSA) is 80.4 Å². The number of nitrogens with two attached hydrogens (primary N) is 1. The van der Waals surface area contributed by atoms with Crippen LogP contribution in [0.1, 0.15) is 5.56 Å². The van der Waals surface area contributed by atoms with Gasteiger partial charge in [0.1, 0.15) is 0 Å². The van der Waals surface area contributed by atoms with E-state index < -0.39 is 11.9 Å². The third-order valence-electron chi connectivity index (χ3n) is 1.83. The molecule has 18 heavy (non-hydrogen) atoms. The highest BCUT2D eigenvalue weighted by atomic mass is 35.5. The van der Waals surface area contributed by atoms with Gasteiger partial charge in [0, 0.05) is 16.0 Å². The summed E-state index contributed by atoms with van der Waals surface area (Å²) in [5.74, 6) is -1.43. The van der Waals surface area contributed by atoms with Crippen LogP contribution < -0.4 is 5.73 Å². The first kappa shape index (κ1) is 14.9. The molecule has 0 radical (unpaired) electrons. The van der Waals surface area contributed by atoms with Gasteiger partial charge in [-0.3, -0.25) is 4.79 Å². The van der Waals surface area contributed by atoms with E-state index in [1.807, 2.05) is 0 Å². The molecule has 0 unspecified atom stereocenters. The molecule has 1 aromatic rings. The van der Waals surface area contributed by atoms with Crippen molar-refractivity contribution >= 4 is 52.9 Å². The third kappa shape index (κ3) is 4.60. The SMILES string of the molecule is NC(=O)CSc1cc(Cl)c(/C=C/C(=O)O)cc1Cl. The molecule has 0 atom stereocenters. The molecule has 1 aromatic carbocycles. The minimum Gasteiger partial charge on any atom is -0.478 e. The lowest BCUT2D eigenvalue weighted by Gasteiger charge is -2.06. The van der Waals surface area contributed by atoms with Gasteiger partial charge in [0.15, 0.2) is 0 Å². The van der Waals surface area contributed by atoms with Gasteiger partial charge in [-0.2, -0.15) is 0 Å². The minimum absolute atomic E-state index is 0.0976. The van der Waals surface area contributed by atoms with E-state index in [-0.39, 0.29) is 5.75 Å². The second-order valence-electron chi connectivity index (χ2n) is 3.23. The number of amides is 1. The van der Waals surface area contributed by atoms with Crippen molar-refractivity contribution in [2.45, 2.75) is 4.90 Å². The van der Waals surface area contributed by atoms with Crippen LogP contribution >= 0.6 is 35.0 Å². The molecule has 96 valence electrons. The van der Waals surface area contributed by atoms with Gasteiger partial charge in [0.2, 0.25) is 5.91 Å². The van der Waals surface area contributed by atoms with Crippen molar-refractivity contribution in [2.24, 2.45) is 5.73 Å². The van der Waals surface area contributed by atoms with Gasteiger partial charge >= 0.3 is 5.97 Å². The molecule has 1 rings (SSSR count). The highest BCUT2D eigenvalue weighted by Gasteiger charge is 2.08. The van der Waals surface area contributed by atoms with E-state index in [4.69, 9.17) is 34.0 Å². The number of aliphatic carboxylic acids is 1. The zero-order chi connectivity index (χ0) is 13.7. The van der Waals surface area contributed by atoms with Crippen LogP contribution in [0.4, 0.5) is 0 Å². The fourth-order valence-electron chi connectivity index (χ4n) is 1.09. The average molecular weight is 306 g/mol. The minimum atomic E-state index is -1.07. The maximum atomic E-state index is 10.7. The standard InChI is InChI=1S/C11H9Cl2NO3S/c12-7-4-9(18-5-10(14)15)8(13)3-6(7)1-2-11(16)17/h1-4H,5H2,(H2,14,15)(H,16,17)/b2-1+. The van der Waals surface area contributed by atoms with Gasteiger partial charge in [-0.05, 0) is 23.8 Å². The fourth-order valence-corrected chi connectivity index (χ4v) is 2.42. The molecular formula is C11H9Cl2NO3S. The summed E-state index contributed by atoms with van der Waals surface area (Å²) in [6, 6.07) is 3.10. The molecule has 0 aromatic heterocycles. The first-order valence-corrected chi connectivity index (χ1v) is 6.45. The zero-order valence-electron chi connectivity index (χ0n) is 9.02. The number of benzene rings is 1. The molecule has 0 aliphatic heterocycles. The van der Waals surface area contributed by atoms with Crippen LogP contribution in [0.25, 0.3) is 6.08 Å². The monoisotopic (exact) mass is 305 g/mol. The number of carbonyl (C=O) groups is 2. The molecule has 0 heterocycles. The Balaban J connectivity index is 2.96. The first-order valence-electron chi connectivity index (χ1n) is 4.71. The number of hydrogen-bond donors (Lipinski definition) is 2. The molecule has 0 aliphatic carbocycles. The van der Waals surface area contributed by atoms with Gasteiger partial charge < -0.3 is 10.8 Å². The lowest BCUT2D eigenvalue weighted by Crippen LogP contribution is -2.12. The Labute approximate surface area is 118 Å². The van der Waals surface area contributed by atoms with Crippen LogP contribution in [-0.2, 0) is 9.59 Å². The largest absolute Gasteiger partial charge is 0.478 e. The summed E-state index contributed by atoms with van der Waals surface area (Å²) in [5, 5.41) is 9.25. The van der Waals surface area contributed by atoms with Crippen LogP contribution in [0.2, 0.25) is 10.0 Å². The molecule has 7 heteroatoms. The van der Waals surface area contributed by atoms with Crippen molar-refractivity contribution in [3.05, 3.63) is 33.8 Å². The van der Waals surface area contributed by atoms with E-state index in [0.29, 0.717) is 20.5 Å². The van der Waals surface area contributed by atoms with Crippen LogP contribution in [-0.4, -0.2) is 22.7 Å². The maximum Gasteiger partial charge on any atom is 0.328 e. The normalized spacial score (nSPS) is 10.8.